The number of benzene rings is 1. The minimum atomic E-state index is -0.152. The van der Waals surface area contributed by atoms with Crippen LogP contribution < -0.4 is 11.1 Å². The van der Waals surface area contributed by atoms with Crippen molar-refractivity contribution < 1.29 is 4.79 Å². The molecule has 3 nitrogen and oxygen atoms in total. The van der Waals surface area contributed by atoms with Crippen LogP contribution in [0.5, 0.6) is 0 Å². The van der Waals surface area contributed by atoms with Gasteiger partial charge in [-0.15, -0.1) is 0 Å². The molecule has 0 saturated heterocycles. The summed E-state index contributed by atoms with van der Waals surface area (Å²) in [6.07, 6.45) is 1.56. The number of hydrogen-bond acceptors (Lipinski definition) is 2. The molecule has 0 spiro atoms. The van der Waals surface area contributed by atoms with Gasteiger partial charge in [-0.05, 0) is 42.0 Å². The third-order valence-electron chi connectivity index (χ3n) is 3.57. The van der Waals surface area contributed by atoms with E-state index in [4.69, 9.17) is 5.73 Å². The lowest BCUT2D eigenvalue weighted by atomic mass is 9.89. The van der Waals surface area contributed by atoms with E-state index in [2.05, 4.69) is 31.3 Å². The van der Waals surface area contributed by atoms with Crippen LogP contribution in [0, 0.1) is 5.41 Å². The van der Waals surface area contributed by atoms with Crippen LogP contribution in [-0.2, 0) is 4.79 Å². The van der Waals surface area contributed by atoms with E-state index in [0.29, 0.717) is 18.9 Å². The standard InChI is InChI=1S/C16H26N2O/c1-5-12(2)13-6-8-14(9-7-13)18-15(19)10-16(3,4)11-17/h6-9,12H,5,10-11,17H2,1-4H3,(H,18,19). The van der Waals surface area contributed by atoms with Gasteiger partial charge in [0.25, 0.3) is 0 Å². The topological polar surface area (TPSA) is 55.1 Å². The zero-order chi connectivity index (χ0) is 14.5. The Labute approximate surface area is 116 Å². The minimum Gasteiger partial charge on any atom is -0.330 e. The fourth-order valence-electron chi connectivity index (χ4n) is 1.84. The molecule has 0 aromatic heterocycles. The first-order valence-corrected chi connectivity index (χ1v) is 6.98. The molecule has 0 aliphatic heterocycles. The summed E-state index contributed by atoms with van der Waals surface area (Å²) in [6.45, 7) is 8.89. The lowest BCUT2D eigenvalue weighted by Gasteiger charge is -2.21. The van der Waals surface area contributed by atoms with E-state index in [1.165, 1.54) is 5.56 Å². The summed E-state index contributed by atoms with van der Waals surface area (Å²) in [7, 11) is 0. The van der Waals surface area contributed by atoms with Crippen molar-refractivity contribution in [2.75, 3.05) is 11.9 Å². The molecule has 1 atom stereocenters. The first-order valence-electron chi connectivity index (χ1n) is 6.98. The summed E-state index contributed by atoms with van der Waals surface area (Å²) in [4.78, 5) is 11.9. The van der Waals surface area contributed by atoms with Crippen LogP contribution >= 0.6 is 0 Å². The number of anilines is 1. The van der Waals surface area contributed by atoms with Crippen molar-refractivity contribution in [2.45, 2.75) is 46.5 Å². The molecule has 0 radical (unpaired) electrons. The lowest BCUT2D eigenvalue weighted by molar-refractivity contribution is -0.117. The second kappa shape index (κ2) is 6.71. The highest BCUT2D eigenvalue weighted by atomic mass is 16.1. The normalized spacial score (nSPS) is 13.1. The molecule has 1 aromatic rings. The Bertz CT molecular complexity index is 409. The quantitative estimate of drug-likeness (QED) is 0.824. The van der Waals surface area contributed by atoms with Gasteiger partial charge >= 0.3 is 0 Å². The van der Waals surface area contributed by atoms with Crippen molar-refractivity contribution in [1.29, 1.82) is 0 Å². The predicted octanol–water partition coefficient (Wildman–Crippen LogP) is 3.51. The first kappa shape index (κ1) is 15.7. The van der Waals surface area contributed by atoms with Gasteiger partial charge in [0, 0.05) is 12.1 Å². The number of carbonyl (C=O) groups is 1. The number of hydrogen-bond donors (Lipinski definition) is 2. The molecule has 1 aromatic carbocycles. The predicted molar refractivity (Wildman–Crippen MR) is 81.2 cm³/mol. The van der Waals surface area contributed by atoms with E-state index in [1.807, 2.05) is 26.0 Å². The SMILES string of the molecule is CCC(C)c1ccc(NC(=O)CC(C)(C)CN)cc1. The summed E-state index contributed by atoms with van der Waals surface area (Å²) in [5, 5.41) is 2.92. The molecular weight excluding hydrogens is 236 g/mol. The smallest absolute Gasteiger partial charge is 0.224 e. The minimum absolute atomic E-state index is 0.0201. The summed E-state index contributed by atoms with van der Waals surface area (Å²) in [5.74, 6) is 0.577. The maximum atomic E-state index is 11.9. The number of nitrogens with one attached hydrogen (secondary N) is 1. The van der Waals surface area contributed by atoms with Crippen molar-refractivity contribution in [1.82, 2.24) is 0 Å². The Hall–Kier alpha value is -1.35. The van der Waals surface area contributed by atoms with Crippen LogP contribution in [0.1, 0.15) is 52.0 Å². The van der Waals surface area contributed by atoms with Crippen LogP contribution in [0.2, 0.25) is 0 Å². The fraction of sp³-hybridized carbons (Fsp3) is 0.562. The van der Waals surface area contributed by atoms with Crippen LogP contribution in [0.15, 0.2) is 24.3 Å². The van der Waals surface area contributed by atoms with Crippen LogP contribution in [0.4, 0.5) is 5.69 Å². The van der Waals surface area contributed by atoms with Crippen molar-refractivity contribution >= 4 is 11.6 Å². The fourth-order valence-corrected chi connectivity index (χ4v) is 1.84. The van der Waals surface area contributed by atoms with E-state index in [-0.39, 0.29) is 11.3 Å². The monoisotopic (exact) mass is 262 g/mol. The molecule has 0 aliphatic rings. The molecule has 3 N–H and O–H groups in total. The highest BCUT2D eigenvalue weighted by Gasteiger charge is 2.20. The zero-order valence-corrected chi connectivity index (χ0v) is 12.5. The highest BCUT2D eigenvalue weighted by molar-refractivity contribution is 5.91. The summed E-state index contributed by atoms with van der Waals surface area (Å²) < 4.78 is 0. The van der Waals surface area contributed by atoms with Crippen molar-refractivity contribution in [3.63, 3.8) is 0 Å². The van der Waals surface area contributed by atoms with E-state index in [9.17, 15) is 4.79 Å². The number of nitrogens with two attached hydrogens (primary N) is 1. The largest absolute Gasteiger partial charge is 0.330 e. The summed E-state index contributed by atoms with van der Waals surface area (Å²) in [5.41, 5.74) is 7.64. The summed E-state index contributed by atoms with van der Waals surface area (Å²) >= 11 is 0. The van der Waals surface area contributed by atoms with E-state index >= 15 is 0 Å². The molecule has 3 heteroatoms. The van der Waals surface area contributed by atoms with E-state index < -0.39 is 0 Å². The molecule has 1 rings (SSSR count). The molecule has 19 heavy (non-hydrogen) atoms. The van der Waals surface area contributed by atoms with Gasteiger partial charge in [-0.2, -0.15) is 0 Å². The Morgan fingerprint density at radius 3 is 2.37 bits per heavy atom. The average Bonchev–Trinajstić information content (AvgIpc) is 2.38. The Kier molecular flexibility index (Phi) is 5.55. The van der Waals surface area contributed by atoms with Gasteiger partial charge in [-0.3, -0.25) is 4.79 Å². The molecule has 1 unspecified atom stereocenters. The van der Waals surface area contributed by atoms with E-state index in [1.54, 1.807) is 0 Å². The molecule has 0 fully saturated rings. The molecule has 106 valence electrons. The van der Waals surface area contributed by atoms with Gasteiger partial charge in [-0.25, -0.2) is 0 Å². The van der Waals surface area contributed by atoms with E-state index in [0.717, 1.165) is 12.1 Å². The van der Waals surface area contributed by atoms with Crippen molar-refractivity contribution in [3.8, 4) is 0 Å². The third-order valence-corrected chi connectivity index (χ3v) is 3.57. The molecule has 0 heterocycles. The van der Waals surface area contributed by atoms with Crippen molar-refractivity contribution in [3.05, 3.63) is 29.8 Å². The van der Waals surface area contributed by atoms with Gasteiger partial charge < -0.3 is 11.1 Å². The Balaban J connectivity index is 2.61. The van der Waals surface area contributed by atoms with Gasteiger partial charge in [0.05, 0.1) is 0 Å². The molecule has 0 saturated carbocycles. The van der Waals surface area contributed by atoms with Crippen LogP contribution in [-0.4, -0.2) is 12.5 Å². The molecule has 0 aliphatic carbocycles. The Morgan fingerprint density at radius 2 is 1.89 bits per heavy atom. The maximum Gasteiger partial charge on any atom is 0.224 e. The second-order valence-electron chi connectivity index (χ2n) is 6.02. The van der Waals surface area contributed by atoms with Gasteiger partial charge in [0.2, 0.25) is 5.91 Å². The second-order valence-corrected chi connectivity index (χ2v) is 6.02. The zero-order valence-electron chi connectivity index (χ0n) is 12.5. The molecular formula is C16H26N2O. The summed E-state index contributed by atoms with van der Waals surface area (Å²) in [6, 6.07) is 8.10. The highest BCUT2D eigenvalue weighted by Crippen LogP contribution is 2.22. The van der Waals surface area contributed by atoms with Gasteiger partial charge in [0.1, 0.15) is 0 Å². The third kappa shape index (κ3) is 5.03. The number of carbonyl (C=O) groups excluding carboxylic acids is 1. The lowest BCUT2D eigenvalue weighted by Crippen LogP contribution is -2.29. The Morgan fingerprint density at radius 1 is 1.32 bits per heavy atom. The van der Waals surface area contributed by atoms with Gasteiger partial charge in [0.15, 0.2) is 0 Å². The number of amides is 1. The molecule has 1 amide bonds. The molecule has 0 bridgehead atoms. The number of rotatable bonds is 6. The average molecular weight is 262 g/mol. The van der Waals surface area contributed by atoms with Crippen molar-refractivity contribution in [2.24, 2.45) is 11.1 Å². The first-order chi connectivity index (χ1) is 8.88. The maximum absolute atomic E-state index is 11.9. The van der Waals surface area contributed by atoms with Crippen LogP contribution in [0.25, 0.3) is 0 Å². The van der Waals surface area contributed by atoms with Gasteiger partial charge in [-0.1, -0.05) is 39.8 Å². The van der Waals surface area contributed by atoms with Crippen LogP contribution in [0.3, 0.4) is 0 Å².